The van der Waals surface area contributed by atoms with Crippen LogP contribution in [0.2, 0.25) is 0 Å². The molecule has 0 bridgehead atoms. The van der Waals surface area contributed by atoms with Gasteiger partial charge in [-0.1, -0.05) is 30.3 Å². The van der Waals surface area contributed by atoms with E-state index in [1.54, 1.807) is 44.6 Å². The van der Waals surface area contributed by atoms with Gasteiger partial charge in [-0.05, 0) is 18.2 Å². The third-order valence-electron chi connectivity index (χ3n) is 4.08. The third-order valence-corrected chi connectivity index (χ3v) is 4.08. The average molecular weight is 418 g/mol. The Bertz CT molecular complexity index is 734. The molecule has 2 aromatic carbocycles. The van der Waals surface area contributed by atoms with E-state index in [0.29, 0.717) is 75.5 Å². The minimum Gasteiger partial charge on any atom is -0.487 e. The number of hydrogen-bond donors (Lipinski definition) is 0. The molecule has 0 atom stereocenters. The molecule has 0 spiro atoms. The summed E-state index contributed by atoms with van der Waals surface area (Å²) in [6, 6.07) is 14.3. The second kappa shape index (κ2) is 14.5. The molecule has 0 aromatic heterocycles. The van der Waals surface area contributed by atoms with Crippen molar-refractivity contribution in [2.24, 2.45) is 0 Å². The van der Waals surface area contributed by atoms with Crippen LogP contribution in [0.3, 0.4) is 0 Å². The van der Waals surface area contributed by atoms with Crippen LogP contribution >= 0.6 is 0 Å². The van der Waals surface area contributed by atoms with Gasteiger partial charge in [-0.25, -0.2) is 0 Å². The van der Waals surface area contributed by atoms with Crippen LogP contribution in [0, 0.1) is 0 Å². The number of rotatable bonds is 16. The fraction of sp³-hybridized carbons (Fsp3) is 0.435. The lowest BCUT2D eigenvalue weighted by Crippen LogP contribution is -2.13. The predicted molar refractivity (Wildman–Crippen MR) is 113 cm³/mol. The Kier molecular flexibility index (Phi) is 11.5. The van der Waals surface area contributed by atoms with E-state index in [2.05, 4.69) is 0 Å². The first kappa shape index (κ1) is 23.8. The Hall–Kier alpha value is -2.45. The molecule has 7 heteroatoms. The molecule has 7 nitrogen and oxygen atoms in total. The van der Waals surface area contributed by atoms with Gasteiger partial charge in [-0.2, -0.15) is 0 Å². The van der Waals surface area contributed by atoms with Crippen LogP contribution in [0.5, 0.6) is 11.5 Å². The molecule has 0 radical (unpaired) electrons. The highest BCUT2D eigenvalue weighted by atomic mass is 16.6. The molecule has 2 rings (SSSR count). The van der Waals surface area contributed by atoms with Gasteiger partial charge < -0.3 is 28.4 Å². The van der Waals surface area contributed by atoms with Gasteiger partial charge in [0.15, 0.2) is 17.3 Å². The number of carbonyl (C=O) groups excluding carboxylic acids is 1. The minimum absolute atomic E-state index is 0.0776. The van der Waals surface area contributed by atoms with Crippen LogP contribution < -0.4 is 9.47 Å². The van der Waals surface area contributed by atoms with Gasteiger partial charge in [0.25, 0.3) is 0 Å². The standard InChI is InChI=1S/C23H30O7/c1-25-10-12-27-14-16-29-21-9-8-20(23(24)19-6-4-3-5-7-19)18-22(21)30-17-15-28-13-11-26-2/h3-9,18H,10-17H2,1-2H3. The maximum atomic E-state index is 12.8. The van der Waals surface area contributed by atoms with Gasteiger partial charge in [0.1, 0.15) is 13.2 Å². The summed E-state index contributed by atoms with van der Waals surface area (Å²) >= 11 is 0. The first-order valence-corrected chi connectivity index (χ1v) is 9.89. The second-order valence-electron chi connectivity index (χ2n) is 6.26. The molecule has 164 valence electrons. The van der Waals surface area contributed by atoms with E-state index in [4.69, 9.17) is 28.4 Å². The van der Waals surface area contributed by atoms with E-state index < -0.39 is 0 Å². The van der Waals surface area contributed by atoms with Crippen LogP contribution in [-0.4, -0.2) is 72.9 Å². The van der Waals surface area contributed by atoms with E-state index >= 15 is 0 Å². The summed E-state index contributed by atoms with van der Waals surface area (Å²) in [6.07, 6.45) is 0. The molecule has 0 aliphatic carbocycles. The Labute approximate surface area is 177 Å². The van der Waals surface area contributed by atoms with Crippen molar-refractivity contribution < 1.29 is 33.2 Å². The highest BCUT2D eigenvalue weighted by molar-refractivity contribution is 6.09. The van der Waals surface area contributed by atoms with E-state index in [1.807, 2.05) is 18.2 Å². The topological polar surface area (TPSA) is 72.5 Å². The fourth-order valence-electron chi connectivity index (χ4n) is 2.55. The van der Waals surface area contributed by atoms with Crippen molar-refractivity contribution >= 4 is 5.78 Å². The number of ether oxygens (including phenoxy) is 6. The molecule has 0 amide bonds. The third kappa shape index (κ3) is 8.51. The first-order valence-electron chi connectivity index (χ1n) is 9.89. The van der Waals surface area contributed by atoms with Crippen molar-refractivity contribution in [2.45, 2.75) is 0 Å². The maximum Gasteiger partial charge on any atom is 0.193 e. The lowest BCUT2D eigenvalue weighted by atomic mass is 10.0. The number of hydrogen-bond acceptors (Lipinski definition) is 7. The summed E-state index contributed by atoms with van der Waals surface area (Å²) in [5.41, 5.74) is 1.15. The summed E-state index contributed by atoms with van der Waals surface area (Å²) in [4.78, 5) is 12.8. The van der Waals surface area contributed by atoms with E-state index in [1.165, 1.54) is 0 Å². The normalized spacial score (nSPS) is 10.7. The molecule has 0 heterocycles. The Morgan fingerprint density at radius 3 is 1.80 bits per heavy atom. The van der Waals surface area contributed by atoms with Crippen molar-refractivity contribution in [3.05, 3.63) is 59.7 Å². The second-order valence-corrected chi connectivity index (χ2v) is 6.26. The van der Waals surface area contributed by atoms with Gasteiger partial charge in [0, 0.05) is 25.3 Å². The molecule has 0 saturated heterocycles. The molecule has 0 fully saturated rings. The average Bonchev–Trinajstić information content (AvgIpc) is 2.79. The first-order chi connectivity index (χ1) is 14.8. The van der Waals surface area contributed by atoms with Crippen molar-refractivity contribution in [3.8, 4) is 11.5 Å². The Morgan fingerprint density at radius 2 is 1.20 bits per heavy atom. The van der Waals surface area contributed by atoms with Gasteiger partial charge in [0.2, 0.25) is 0 Å². The van der Waals surface area contributed by atoms with Gasteiger partial charge in [0.05, 0.1) is 39.6 Å². The van der Waals surface area contributed by atoms with Gasteiger partial charge in [-0.15, -0.1) is 0 Å². The monoisotopic (exact) mass is 418 g/mol. The SMILES string of the molecule is COCCOCCOc1ccc(C(=O)c2ccccc2)cc1OCCOCCOC. The largest absolute Gasteiger partial charge is 0.487 e. The number of ketones is 1. The Balaban J connectivity index is 2.00. The van der Waals surface area contributed by atoms with E-state index in [9.17, 15) is 4.79 Å². The number of methoxy groups -OCH3 is 2. The molecule has 0 N–H and O–H groups in total. The Morgan fingerprint density at radius 1 is 0.633 bits per heavy atom. The van der Waals surface area contributed by atoms with Crippen LogP contribution in [0.25, 0.3) is 0 Å². The number of carbonyl (C=O) groups is 1. The summed E-state index contributed by atoms with van der Waals surface area (Å²) in [5.74, 6) is 0.960. The fourth-order valence-corrected chi connectivity index (χ4v) is 2.55. The molecular formula is C23H30O7. The zero-order chi connectivity index (χ0) is 21.4. The highest BCUT2D eigenvalue weighted by Gasteiger charge is 2.13. The lowest BCUT2D eigenvalue weighted by Gasteiger charge is -2.14. The summed E-state index contributed by atoms with van der Waals surface area (Å²) in [6.45, 7) is 3.57. The summed E-state index contributed by atoms with van der Waals surface area (Å²) in [7, 11) is 3.25. The molecule has 2 aromatic rings. The predicted octanol–water partition coefficient (Wildman–Crippen LogP) is 3.00. The maximum absolute atomic E-state index is 12.8. The van der Waals surface area contributed by atoms with Crippen LogP contribution in [0.1, 0.15) is 15.9 Å². The van der Waals surface area contributed by atoms with E-state index in [-0.39, 0.29) is 5.78 Å². The highest BCUT2D eigenvalue weighted by Crippen LogP contribution is 2.29. The molecule has 0 unspecified atom stereocenters. The van der Waals surface area contributed by atoms with Crippen LogP contribution in [-0.2, 0) is 18.9 Å². The van der Waals surface area contributed by atoms with Crippen molar-refractivity contribution in [1.29, 1.82) is 0 Å². The van der Waals surface area contributed by atoms with Crippen LogP contribution in [0.15, 0.2) is 48.5 Å². The van der Waals surface area contributed by atoms with Crippen molar-refractivity contribution in [2.75, 3.05) is 67.1 Å². The van der Waals surface area contributed by atoms with E-state index in [0.717, 1.165) is 0 Å². The van der Waals surface area contributed by atoms with Crippen LogP contribution in [0.4, 0.5) is 0 Å². The minimum atomic E-state index is -0.0776. The van der Waals surface area contributed by atoms with Crippen molar-refractivity contribution in [1.82, 2.24) is 0 Å². The molecule has 0 aliphatic heterocycles. The molecule has 30 heavy (non-hydrogen) atoms. The molecule has 0 saturated carbocycles. The van der Waals surface area contributed by atoms with Crippen molar-refractivity contribution in [3.63, 3.8) is 0 Å². The van der Waals surface area contributed by atoms with Gasteiger partial charge >= 0.3 is 0 Å². The zero-order valence-electron chi connectivity index (χ0n) is 17.6. The molecular weight excluding hydrogens is 388 g/mol. The zero-order valence-corrected chi connectivity index (χ0v) is 17.6. The smallest absolute Gasteiger partial charge is 0.193 e. The number of benzene rings is 2. The van der Waals surface area contributed by atoms with Gasteiger partial charge in [-0.3, -0.25) is 4.79 Å². The molecule has 0 aliphatic rings. The quantitative estimate of drug-likeness (QED) is 0.306. The lowest BCUT2D eigenvalue weighted by molar-refractivity contribution is 0.0498. The summed E-state index contributed by atoms with van der Waals surface area (Å²) < 4.78 is 32.4. The summed E-state index contributed by atoms with van der Waals surface area (Å²) in [5, 5.41) is 0.